The average Bonchev–Trinajstić information content (AvgIpc) is 2.48. The Balaban J connectivity index is 1.93. The summed E-state index contributed by atoms with van der Waals surface area (Å²) in [6, 6.07) is 1.40. The summed E-state index contributed by atoms with van der Waals surface area (Å²) < 4.78 is 26.9. The summed E-state index contributed by atoms with van der Waals surface area (Å²) in [5.74, 6) is 2.68. The molecule has 0 bridgehead atoms. The van der Waals surface area contributed by atoms with Gasteiger partial charge in [-0.2, -0.15) is 11.8 Å². The molecule has 0 amide bonds. The van der Waals surface area contributed by atoms with E-state index in [1.54, 1.807) is 7.05 Å². The molecule has 1 aliphatic rings. The third kappa shape index (κ3) is 4.72. The van der Waals surface area contributed by atoms with E-state index in [9.17, 15) is 8.42 Å². The number of pyridine rings is 1. The topological polar surface area (TPSA) is 74.3 Å². The van der Waals surface area contributed by atoms with Gasteiger partial charge in [-0.15, -0.1) is 0 Å². The van der Waals surface area contributed by atoms with Crippen LogP contribution in [0.2, 0.25) is 5.02 Å². The fourth-order valence-corrected chi connectivity index (χ4v) is 4.29. The highest BCUT2D eigenvalue weighted by atomic mass is 35.5. The number of hydrogen-bond donors (Lipinski definition) is 2. The molecule has 6 nitrogen and oxygen atoms in total. The van der Waals surface area contributed by atoms with Gasteiger partial charge in [0.1, 0.15) is 10.7 Å². The van der Waals surface area contributed by atoms with Crippen LogP contribution in [-0.4, -0.2) is 63.0 Å². The van der Waals surface area contributed by atoms with Crippen molar-refractivity contribution in [1.29, 1.82) is 0 Å². The zero-order valence-electron chi connectivity index (χ0n) is 11.8. The maximum absolute atomic E-state index is 12.2. The quantitative estimate of drug-likeness (QED) is 0.800. The summed E-state index contributed by atoms with van der Waals surface area (Å²) in [7, 11) is -1.89. The molecular weight excluding hydrogens is 332 g/mol. The Bertz CT molecular complexity index is 577. The number of aromatic nitrogens is 1. The minimum Gasteiger partial charge on any atom is -0.372 e. The lowest BCUT2D eigenvalue weighted by atomic mass is 10.4. The molecule has 118 valence electrons. The van der Waals surface area contributed by atoms with Crippen molar-refractivity contribution < 1.29 is 8.42 Å². The van der Waals surface area contributed by atoms with Crippen LogP contribution in [0.3, 0.4) is 0 Å². The van der Waals surface area contributed by atoms with Crippen LogP contribution < -0.4 is 10.0 Å². The third-order valence-corrected chi connectivity index (χ3v) is 5.85. The monoisotopic (exact) mass is 350 g/mol. The molecule has 1 aliphatic heterocycles. The minimum absolute atomic E-state index is 0.0840. The normalized spacial score (nSPS) is 16.9. The number of nitrogens with zero attached hydrogens (tertiary/aromatic N) is 2. The van der Waals surface area contributed by atoms with Crippen LogP contribution in [0.1, 0.15) is 0 Å². The molecule has 2 N–H and O–H groups in total. The highest BCUT2D eigenvalue weighted by Crippen LogP contribution is 2.21. The Hall–Kier alpha value is -0.540. The second-order valence-electron chi connectivity index (χ2n) is 4.60. The Kier molecular flexibility index (Phi) is 6.12. The molecule has 1 saturated heterocycles. The van der Waals surface area contributed by atoms with Gasteiger partial charge in [0.25, 0.3) is 0 Å². The molecular formula is C12H19ClN4O2S2. The molecule has 21 heavy (non-hydrogen) atoms. The van der Waals surface area contributed by atoms with Crippen LogP contribution in [-0.2, 0) is 10.0 Å². The number of rotatable bonds is 6. The van der Waals surface area contributed by atoms with Crippen LogP contribution in [0, 0.1) is 0 Å². The predicted octanol–water partition coefficient (Wildman–Crippen LogP) is 1.10. The van der Waals surface area contributed by atoms with E-state index in [1.807, 2.05) is 11.8 Å². The smallest absolute Gasteiger partial charge is 0.242 e. The summed E-state index contributed by atoms with van der Waals surface area (Å²) in [6.07, 6.45) is 1.30. The van der Waals surface area contributed by atoms with Gasteiger partial charge >= 0.3 is 0 Å². The zero-order chi connectivity index (χ0) is 15.3. The summed E-state index contributed by atoms with van der Waals surface area (Å²) in [5, 5.41) is 3.08. The van der Waals surface area contributed by atoms with Crippen LogP contribution in [0.4, 0.5) is 5.82 Å². The van der Waals surface area contributed by atoms with Crippen molar-refractivity contribution in [2.75, 3.05) is 50.0 Å². The van der Waals surface area contributed by atoms with Crippen molar-refractivity contribution in [3.63, 3.8) is 0 Å². The van der Waals surface area contributed by atoms with Gasteiger partial charge in [0.15, 0.2) is 0 Å². The van der Waals surface area contributed by atoms with E-state index < -0.39 is 10.0 Å². The summed E-state index contributed by atoms with van der Waals surface area (Å²) in [4.78, 5) is 6.33. The molecule has 0 unspecified atom stereocenters. The lowest BCUT2D eigenvalue weighted by Crippen LogP contribution is -2.39. The van der Waals surface area contributed by atoms with Crippen molar-refractivity contribution >= 4 is 39.2 Å². The average molecular weight is 351 g/mol. The highest BCUT2D eigenvalue weighted by molar-refractivity contribution is 7.99. The first-order valence-corrected chi connectivity index (χ1v) is 9.67. The van der Waals surface area contributed by atoms with Gasteiger partial charge in [-0.3, -0.25) is 0 Å². The number of nitrogens with one attached hydrogen (secondary N) is 2. The fourth-order valence-electron chi connectivity index (χ4n) is 2.00. The van der Waals surface area contributed by atoms with Gasteiger partial charge in [-0.05, 0) is 6.07 Å². The number of anilines is 1. The second kappa shape index (κ2) is 7.64. The van der Waals surface area contributed by atoms with Gasteiger partial charge < -0.3 is 10.2 Å². The molecule has 0 aliphatic carbocycles. The molecule has 0 aromatic carbocycles. The Labute approximate surface area is 134 Å². The van der Waals surface area contributed by atoms with E-state index in [-0.39, 0.29) is 9.92 Å². The number of halogens is 1. The molecule has 2 rings (SSSR count). The minimum atomic E-state index is -3.57. The molecule has 0 atom stereocenters. The maximum Gasteiger partial charge on any atom is 0.242 e. The lowest BCUT2D eigenvalue weighted by molar-refractivity contribution is 0.307. The van der Waals surface area contributed by atoms with Crippen LogP contribution >= 0.6 is 23.4 Å². The second-order valence-corrected chi connectivity index (χ2v) is 8.00. The zero-order valence-corrected chi connectivity index (χ0v) is 14.2. The van der Waals surface area contributed by atoms with Gasteiger partial charge in [0.2, 0.25) is 10.0 Å². The lowest BCUT2D eigenvalue weighted by Gasteiger charge is -2.25. The first-order valence-electron chi connectivity index (χ1n) is 6.66. The Morgan fingerprint density at radius 1 is 1.43 bits per heavy atom. The Morgan fingerprint density at radius 2 is 2.14 bits per heavy atom. The first-order chi connectivity index (χ1) is 10.0. The van der Waals surface area contributed by atoms with Crippen molar-refractivity contribution in [3.8, 4) is 0 Å². The van der Waals surface area contributed by atoms with E-state index in [4.69, 9.17) is 11.6 Å². The standard InChI is InChI=1S/C12H19ClN4O2S2/c1-14-12-11(13)8-10(9-15-12)21(18,19)16-2-3-17-4-6-20-7-5-17/h8-9,16H,2-7H2,1H3,(H,14,15). The van der Waals surface area contributed by atoms with Crippen molar-refractivity contribution in [3.05, 3.63) is 17.3 Å². The predicted molar refractivity (Wildman–Crippen MR) is 87.7 cm³/mol. The number of hydrogen-bond acceptors (Lipinski definition) is 6. The largest absolute Gasteiger partial charge is 0.372 e. The van der Waals surface area contributed by atoms with Crippen molar-refractivity contribution in [1.82, 2.24) is 14.6 Å². The van der Waals surface area contributed by atoms with Gasteiger partial charge in [0.05, 0.1) is 5.02 Å². The molecule has 0 radical (unpaired) electrons. The number of sulfonamides is 1. The van der Waals surface area contributed by atoms with E-state index in [0.717, 1.165) is 31.1 Å². The third-order valence-electron chi connectivity index (χ3n) is 3.19. The van der Waals surface area contributed by atoms with E-state index in [0.29, 0.717) is 12.4 Å². The van der Waals surface area contributed by atoms with Gasteiger partial charge in [-0.1, -0.05) is 11.6 Å². The van der Waals surface area contributed by atoms with Gasteiger partial charge in [0, 0.05) is 50.9 Å². The SMILES string of the molecule is CNc1ncc(S(=O)(=O)NCCN2CCSCC2)cc1Cl. The Morgan fingerprint density at radius 3 is 2.76 bits per heavy atom. The molecule has 0 spiro atoms. The molecule has 2 heterocycles. The maximum atomic E-state index is 12.2. The highest BCUT2D eigenvalue weighted by Gasteiger charge is 2.17. The van der Waals surface area contributed by atoms with Crippen LogP contribution in [0.15, 0.2) is 17.2 Å². The first kappa shape index (κ1) is 16.8. The molecule has 9 heteroatoms. The van der Waals surface area contributed by atoms with Crippen molar-refractivity contribution in [2.45, 2.75) is 4.90 Å². The van der Waals surface area contributed by atoms with E-state index in [1.165, 1.54) is 12.3 Å². The molecule has 1 aromatic rings. The summed E-state index contributed by atoms with van der Waals surface area (Å²) in [5.41, 5.74) is 0. The summed E-state index contributed by atoms with van der Waals surface area (Å²) in [6.45, 7) is 3.13. The molecule has 1 fully saturated rings. The summed E-state index contributed by atoms with van der Waals surface area (Å²) >= 11 is 7.89. The van der Waals surface area contributed by atoms with Crippen molar-refractivity contribution in [2.24, 2.45) is 0 Å². The van der Waals surface area contributed by atoms with E-state index in [2.05, 4.69) is 19.9 Å². The van der Waals surface area contributed by atoms with E-state index >= 15 is 0 Å². The van der Waals surface area contributed by atoms with Crippen LogP contribution in [0.25, 0.3) is 0 Å². The fraction of sp³-hybridized carbons (Fsp3) is 0.583. The van der Waals surface area contributed by atoms with Gasteiger partial charge in [-0.25, -0.2) is 18.1 Å². The molecule has 1 aromatic heterocycles. The molecule has 0 saturated carbocycles. The van der Waals surface area contributed by atoms with Crippen LogP contribution in [0.5, 0.6) is 0 Å². The number of thioether (sulfide) groups is 1.